The molecule has 1 heterocycles. The summed E-state index contributed by atoms with van der Waals surface area (Å²) in [6.45, 7) is 2.27. The molecule has 6 nitrogen and oxygen atoms in total. The Bertz CT molecular complexity index is 845. The van der Waals surface area contributed by atoms with Crippen LogP contribution >= 0.6 is 23.2 Å². The second-order valence-electron chi connectivity index (χ2n) is 6.60. The second kappa shape index (κ2) is 9.85. The summed E-state index contributed by atoms with van der Waals surface area (Å²) in [6, 6.07) is 12.8. The van der Waals surface area contributed by atoms with Crippen LogP contribution in [0.25, 0.3) is 0 Å². The van der Waals surface area contributed by atoms with Gasteiger partial charge in [-0.05, 0) is 36.4 Å². The molecule has 0 spiro atoms. The molecule has 0 bridgehead atoms. The zero-order valence-electron chi connectivity index (χ0n) is 16.1. The van der Waals surface area contributed by atoms with E-state index in [1.165, 1.54) is 0 Å². The molecular weight excluding hydrogens is 415 g/mol. The van der Waals surface area contributed by atoms with Crippen molar-refractivity contribution in [2.75, 3.05) is 44.8 Å². The minimum absolute atomic E-state index is 0.0724. The van der Waals surface area contributed by atoms with Gasteiger partial charge in [0.05, 0.1) is 13.5 Å². The molecule has 1 aliphatic heterocycles. The fourth-order valence-corrected chi connectivity index (χ4v) is 3.67. The molecule has 3 rings (SSSR count). The molecule has 2 aromatic carbocycles. The summed E-state index contributed by atoms with van der Waals surface area (Å²) in [6.07, 6.45) is -0.0724. The molecule has 0 radical (unpaired) electrons. The van der Waals surface area contributed by atoms with Crippen LogP contribution < -0.4 is 9.64 Å². The van der Waals surface area contributed by atoms with E-state index in [2.05, 4.69) is 4.90 Å². The third kappa shape index (κ3) is 5.55. The van der Waals surface area contributed by atoms with E-state index >= 15 is 0 Å². The first-order valence-corrected chi connectivity index (χ1v) is 9.99. The van der Waals surface area contributed by atoms with Crippen molar-refractivity contribution >= 4 is 40.8 Å². The SMILES string of the molecule is COc1ccc(N2CCN(C(=O)COC(=O)Cc3c(Cl)cccc3Cl)CC2)cc1. The molecule has 1 aliphatic rings. The highest BCUT2D eigenvalue weighted by Crippen LogP contribution is 2.25. The summed E-state index contributed by atoms with van der Waals surface area (Å²) in [4.78, 5) is 28.3. The first-order valence-electron chi connectivity index (χ1n) is 9.23. The predicted octanol–water partition coefficient (Wildman–Crippen LogP) is 3.44. The molecule has 1 saturated heterocycles. The van der Waals surface area contributed by atoms with Crippen molar-refractivity contribution in [3.8, 4) is 5.75 Å². The lowest BCUT2D eigenvalue weighted by Gasteiger charge is -2.36. The van der Waals surface area contributed by atoms with E-state index in [9.17, 15) is 9.59 Å². The third-order valence-electron chi connectivity index (χ3n) is 4.81. The van der Waals surface area contributed by atoms with Crippen molar-refractivity contribution in [2.45, 2.75) is 6.42 Å². The van der Waals surface area contributed by atoms with Gasteiger partial charge in [0, 0.05) is 47.5 Å². The van der Waals surface area contributed by atoms with Gasteiger partial charge in [-0.3, -0.25) is 9.59 Å². The standard InChI is InChI=1S/C21H22Cl2N2O4/c1-28-16-7-5-15(6-8-16)24-9-11-25(12-10-24)20(26)14-29-21(27)13-17-18(22)3-2-4-19(17)23/h2-8H,9-14H2,1H3. The maximum Gasteiger partial charge on any atom is 0.310 e. The van der Waals surface area contributed by atoms with Gasteiger partial charge in [0.2, 0.25) is 0 Å². The van der Waals surface area contributed by atoms with Crippen molar-refractivity contribution < 1.29 is 19.1 Å². The van der Waals surface area contributed by atoms with Gasteiger partial charge in [-0.25, -0.2) is 0 Å². The average molecular weight is 437 g/mol. The number of benzene rings is 2. The number of piperazine rings is 1. The van der Waals surface area contributed by atoms with Crippen LogP contribution in [0.15, 0.2) is 42.5 Å². The zero-order chi connectivity index (χ0) is 20.8. The van der Waals surface area contributed by atoms with Crippen LogP contribution in [0, 0.1) is 0 Å². The molecule has 1 amide bonds. The van der Waals surface area contributed by atoms with Crippen LogP contribution in [0.1, 0.15) is 5.56 Å². The van der Waals surface area contributed by atoms with E-state index in [0.717, 1.165) is 11.4 Å². The maximum absolute atomic E-state index is 12.4. The Morgan fingerprint density at radius 3 is 2.17 bits per heavy atom. The summed E-state index contributed by atoms with van der Waals surface area (Å²) in [5, 5.41) is 0.797. The van der Waals surface area contributed by atoms with Gasteiger partial charge in [-0.15, -0.1) is 0 Å². The molecule has 0 unspecified atom stereocenters. The number of halogens is 2. The Hall–Kier alpha value is -2.44. The van der Waals surface area contributed by atoms with Crippen LogP contribution in [-0.2, 0) is 20.7 Å². The van der Waals surface area contributed by atoms with Crippen molar-refractivity contribution in [3.05, 3.63) is 58.1 Å². The first-order chi connectivity index (χ1) is 14.0. The number of carbonyl (C=O) groups is 2. The number of esters is 1. The van der Waals surface area contributed by atoms with Crippen LogP contribution in [-0.4, -0.2) is 56.7 Å². The normalized spacial score (nSPS) is 13.9. The van der Waals surface area contributed by atoms with Gasteiger partial charge in [0.15, 0.2) is 6.61 Å². The largest absolute Gasteiger partial charge is 0.497 e. The fraction of sp³-hybridized carbons (Fsp3) is 0.333. The summed E-state index contributed by atoms with van der Waals surface area (Å²) in [7, 11) is 1.63. The lowest BCUT2D eigenvalue weighted by atomic mass is 10.1. The number of methoxy groups -OCH3 is 1. The van der Waals surface area contributed by atoms with Gasteiger partial charge in [0.25, 0.3) is 5.91 Å². The van der Waals surface area contributed by atoms with Gasteiger partial charge in [0.1, 0.15) is 5.75 Å². The molecule has 29 heavy (non-hydrogen) atoms. The highest BCUT2D eigenvalue weighted by atomic mass is 35.5. The molecule has 0 aliphatic carbocycles. The van der Waals surface area contributed by atoms with Crippen molar-refractivity contribution in [1.29, 1.82) is 0 Å². The molecular formula is C21H22Cl2N2O4. The van der Waals surface area contributed by atoms with E-state index in [1.54, 1.807) is 30.2 Å². The Morgan fingerprint density at radius 1 is 0.966 bits per heavy atom. The molecule has 0 aromatic heterocycles. The monoisotopic (exact) mass is 436 g/mol. The van der Waals surface area contributed by atoms with Gasteiger partial charge >= 0.3 is 5.97 Å². The highest BCUT2D eigenvalue weighted by Gasteiger charge is 2.22. The van der Waals surface area contributed by atoms with Crippen LogP contribution in [0.2, 0.25) is 10.0 Å². The van der Waals surface area contributed by atoms with Crippen LogP contribution in [0.4, 0.5) is 5.69 Å². The Kier molecular flexibility index (Phi) is 7.23. The second-order valence-corrected chi connectivity index (χ2v) is 7.42. The van der Waals surface area contributed by atoms with E-state index in [-0.39, 0.29) is 18.9 Å². The van der Waals surface area contributed by atoms with E-state index < -0.39 is 5.97 Å². The van der Waals surface area contributed by atoms with E-state index in [1.807, 2.05) is 24.3 Å². The Morgan fingerprint density at radius 2 is 1.59 bits per heavy atom. The average Bonchev–Trinajstić information content (AvgIpc) is 2.75. The summed E-state index contributed by atoms with van der Waals surface area (Å²) < 4.78 is 10.3. The maximum atomic E-state index is 12.4. The van der Waals surface area contributed by atoms with Crippen LogP contribution in [0.5, 0.6) is 5.75 Å². The molecule has 0 atom stereocenters. The molecule has 0 N–H and O–H groups in total. The number of ether oxygens (including phenoxy) is 2. The van der Waals surface area contributed by atoms with Gasteiger partial charge in [-0.2, -0.15) is 0 Å². The molecule has 1 fully saturated rings. The zero-order valence-corrected chi connectivity index (χ0v) is 17.6. The number of hydrogen-bond acceptors (Lipinski definition) is 5. The lowest BCUT2D eigenvalue weighted by molar-refractivity contribution is -0.151. The Balaban J connectivity index is 1.45. The van der Waals surface area contributed by atoms with E-state index in [4.69, 9.17) is 32.7 Å². The number of anilines is 1. The Labute approximate surface area is 179 Å². The summed E-state index contributed by atoms with van der Waals surface area (Å²) in [5.74, 6) is 0.0608. The van der Waals surface area contributed by atoms with Crippen LogP contribution in [0.3, 0.4) is 0 Å². The number of amides is 1. The number of nitrogens with zero attached hydrogens (tertiary/aromatic N) is 2. The van der Waals surface area contributed by atoms with Crippen molar-refractivity contribution in [3.63, 3.8) is 0 Å². The van der Waals surface area contributed by atoms with Crippen molar-refractivity contribution in [2.24, 2.45) is 0 Å². The first kappa shape index (κ1) is 21.3. The quantitative estimate of drug-likeness (QED) is 0.649. The predicted molar refractivity (Wildman–Crippen MR) is 113 cm³/mol. The molecule has 0 saturated carbocycles. The molecule has 154 valence electrons. The smallest absolute Gasteiger partial charge is 0.310 e. The van der Waals surface area contributed by atoms with Gasteiger partial charge in [-0.1, -0.05) is 29.3 Å². The lowest BCUT2D eigenvalue weighted by Crippen LogP contribution is -2.49. The molecule has 8 heteroatoms. The number of carbonyl (C=O) groups excluding carboxylic acids is 2. The topological polar surface area (TPSA) is 59.1 Å². The minimum atomic E-state index is -0.537. The molecule has 2 aromatic rings. The number of hydrogen-bond donors (Lipinski definition) is 0. The summed E-state index contributed by atoms with van der Waals surface area (Å²) in [5.41, 5.74) is 1.59. The van der Waals surface area contributed by atoms with E-state index in [0.29, 0.717) is 41.8 Å². The van der Waals surface area contributed by atoms with Gasteiger partial charge < -0.3 is 19.3 Å². The third-order valence-corrected chi connectivity index (χ3v) is 5.52. The summed E-state index contributed by atoms with van der Waals surface area (Å²) >= 11 is 12.1. The number of rotatable bonds is 6. The fourth-order valence-electron chi connectivity index (χ4n) is 3.14. The van der Waals surface area contributed by atoms with Crippen molar-refractivity contribution in [1.82, 2.24) is 4.90 Å². The highest BCUT2D eigenvalue weighted by molar-refractivity contribution is 6.36. The minimum Gasteiger partial charge on any atom is -0.497 e.